The molecule has 0 atom stereocenters. The lowest BCUT2D eigenvalue weighted by atomic mass is 10.2. The third kappa shape index (κ3) is 6.19. The van der Waals surface area contributed by atoms with E-state index in [2.05, 4.69) is 15.0 Å². The van der Waals surface area contributed by atoms with Crippen LogP contribution in [0.4, 0.5) is 20.3 Å². The quantitative estimate of drug-likeness (QED) is 0.446. The van der Waals surface area contributed by atoms with Crippen molar-refractivity contribution < 1.29 is 18.3 Å². The van der Waals surface area contributed by atoms with Gasteiger partial charge in [0, 0.05) is 13.6 Å². The summed E-state index contributed by atoms with van der Waals surface area (Å²) < 4.78 is 29.9. The second-order valence-electron chi connectivity index (χ2n) is 7.22. The molecule has 0 fully saturated rings. The molecule has 0 saturated carbocycles. The zero-order valence-corrected chi connectivity index (χ0v) is 17.8. The van der Waals surface area contributed by atoms with Gasteiger partial charge in [-0.25, -0.2) is 4.79 Å². The number of nitrogens with zero attached hydrogens (tertiary/aromatic N) is 2. The Morgan fingerprint density at radius 3 is 2.42 bits per heavy atom. The van der Waals surface area contributed by atoms with E-state index in [1.165, 1.54) is 28.6 Å². The predicted molar refractivity (Wildman–Crippen MR) is 119 cm³/mol. The number of carbonyl (C=O) groups excluding carboxylic acids is 1. The van der Waals surface area contributed by atoms with Gasteiger partial charge in [0.25, 0.3) is 5.56 Å². The number of nitrogen functional groups attached to an aromatic ring is 1. The van der Waals surface area contributed by atoms with Crippen LogP contribution in [0.5, 0.6) is 5.75 Å². The van der Waals surface area contributed by atoms with Gasteiger partial charge >= 0.3 is 12.3 Å². The van der Waals surface area contributed by atoms with Crippen LogP contribution in [-0.2, 0) is 17.9 Å². The summed E-state index contributed by atoms with van der Waals surface area (Å²) in [6, 6.07) is 14.9. The highest BCUT2D eigenvalue weighted by molar-refractivity contribution is 5.82. The highest BCUT2D eigenvalue weighted by Gasteiger charge is 2.18. The predicted octanol–water partition coefficient (Wildman–Crippen LogP) is 1.52. The first-order chi connectivity index (χ1) is 15.7. The topological polar surface area (TPSA) is 122 Å². The van der Waals surface area contributed by atoms with Crippen LogP contribution in [-0.4, -0.2) is 35.7 Å². The number of likely N-dealkylation sites (N-methyl/N-ethyl adjacent to an activating group) is 1. The number of ether oxygens (including phenoxy) is 1. The lowest BCUT2D eigenvalue weighted by Gasteiger charge is -2.21. The fourth-order valence-corrected chi connectivity index (χ4v) is 3.21. The Hall–Kier alpha value is -4.15. The number of benzene rings is 2. The van der Waals surface area contributed by atoms with Crippen LogP contribution in [0.15, 0.2) is 64.2 Å². The average Bonchev–Trinajstić information content (AvgIpc) is 2.76. The van der Waals surface area contributed by atoms with Crippen molar-refractivity contribution in [1.29, 1.82) is 0 Å². The highest BCUT2D eigenvalue weighted by Crippen LogP contribution is 2.17. The van der Waals surface area contributed by atoms with Gasteiger partial charge in [-0.1, -0.05) is 42.5 Å². The van der Waals surface area contributed by atoms with Crippen LogP contribution in [0.25, 0.3) is 0 Å². The third-order valence-electron chi connectivity index (χ3n) is 4.80. The second-order valence-corrected chi connectivity index (χ2v) is 7.22. The molecule has 174 valence electrons. The highest BCUT2D eigenvalue weighted by atomic mass is 19.3. The summed E-state index contributed by atoms with van der Waals surface area (Å²) in [6.07, 6.45) is 0. The zero-order valence-electron chi connectivity index (χ0n) is 17.8. The lowest BCUT2D eigenvalue weighted by molar-refractivity contribution is -0.119. The Morgan fingerprint density at radius 1 is 1.12 bits per heavy atom. The van der Waals surface area contributed by atoms with E-state index in [1.807, 2.05) is 30.3 Å². The van der Waals surface area contributed by atoms with E-state index in [0.29, 0.717) is 5.56 Å². The summed E-state index contributed by atoms with van der Waals surface area (Å²) in [6.45, 7) is -2.82. The Bertz CT molecular complexity index is 1210. The summed E-state index contributed by atoms with van der Waals surface area (Å²) in [5.74, 6) is -0.456. The van der Waals surface area contributed by atoms with E-state index in [-0.39, 0.29) is 36.9 Å². The third-order valence-corrected chi connectivity index (χ3v) is 4.80. The van der Waals surface area contributed by atoms with Gasteiger partial charge in [-0.3, -0.25) is 19.1 Å². The smallest absolute Gasteiger partial charge is 0.387 e. The molecule has 1 amide bonds. The van der Waals surface area contributed by atoms with Crippen molar-refractivity contribution >= 4 is 17.4 Å². The summed E-state index contributed by atoms with van der Waals surface area (Å²) in [5, 5.41) is 2.67. The number of nitrogens with one attached hydrogen (secondary N) is 2. The standard InChI is InChI=1S/C22H23F2N5O4/c1-28(13-17(30)26-11-14-7-9-16(10-8-14)33-21(23)24)18-19(25)29(22(32)27-20(18)31)12-15-5-3-2-4-6-15/h2-10,21H,11-13,25H2,1H3,(H,26,30)(H,27,31,32). The molecule has 0 aliphatic heterocycles. The molecule has 4 N–H and O–H groups in total. The minimum absolute atomic E-state index is 0.00539. The van der Waals surface area contributed by atoms with E-state index in [0.717, 1.165) is 5.56 Å². The van der Waals surface area contributed by atoms with Crippen LogP contribution in [0, 0.1) is 0 Å². The molecule has 3 aromatic rings. The van der Waals surface area contributed by atoms with Gasteiger partial charge in [0.2, 0.25) is 5.91 Å². The van der Waals surface area contributed by atoms with Gasteiger partial charge in [0.1, 0.15) is 17.3 Å². The monoisotopic (exact) mass is 459 g/mol. The van der Waals surface area contributed by atoms with E-state index in [1.54, 1.807) is 12.1 Å². The number of rotatable bonds is 9. The SMILES string of the molecule is CN(CC(=O)NCc1ccc(OC(F)F)cc1)c1c(N)n(Cc2ccccc2)c(=O)[nH]c1=O. The maximum absolute atomic E-state index is 12.4. The molecule has 33 heavy (non-hydrogen) atoms. The molecular weight excluding hydrogens is 436 g/mol. The van der Waals surface area contributed by atoms with Crippen molar-refractivity contribution in [3.05, 3.63) is 86.6 Å². The van der Waals surface area contributed by atoms with Gasteiger partial charge < -0.3 is 20.7 Å². The van der Waals surface area contributed by atoms with Gasteiger partial charge in [0.15, 0.2) is 0 Å². The average molecular weight is 459 g/mol. The van der Waals surface area contributed by atoms with E-state index in [9.17, 15) is 23.2 Å². The van der Waals surface area contributed by atoms with Crippen LogP contribution < -0.4 is 31.9 Å². The number of alkyl halides is 2. The summed E-state index contributed by atoms with van der Waals surface area (Å²) in [7, 11) is 1.51. The molecular formula is C22H23F2N5O4. The minimum atomic E-state index is -2.91. The van der Waals surface area contributed by atoms with E-state index < -0.39 is 23.8 Å². The second kappa shape index (κ2) is 10.4. The molecule has 0 spiro atoms. The summed E-state index contributed by atoms with van der Waals surface area (Å²) in [5.41, 5.74) is 6.25. The van der Waals surface area contributed by atoms with Crippen LogP contribution >= 0.6 is 0 Å². The Kier molecular flexibility index (Phi) is 7.44. The number of nitrogens with two attached hydrogens (primary N) is 1. The van der Waals surface area contributed by atoms with Gasteiger partial charge in [-0.2, -0.15) is 8.78 Å². The normalized spacial score (nSPS) is 10.8. The molecule has 0 radical (unpaired) electrons. The number of aromatic amines is 1. The van der Waals surface area contributed by atoms with E-state index >= 15 is 0 Å². The Morgan fingerprint density at radius 2 is 1.79 bits per heavy atom. The van der Waals surface area contributed by atoms with Crippen LogP contribution in [0.2, 0.25) is 0 Å². The first-order valence-electron chi connectivity index (χ1n) is 9.92. The molecule has 1 aromatic heterocycles. The largest absolute Gasteiger partial charge is 0.435 e. The maximum Gasteiger partial charge on any atom is 0.387 e. The molecule has 0 unspecified atom stereocenters. The van der Waals surface area contributed by atoms with Crippen LogP contribution in [0.3, 0.4) is 0 Å². The Balaban J connectivity index is 1.67. The number of hydrogen-bond acceptors (Lipinski definition) is 6. The fourth-order valence-electron chi connectivity index (χ4n) is 3.21. The number of carbonyl (C=O) groups is 1. The fraction of sp³-hybridized carbons (Fsp3) is 0.227. The van der Waals surface area contributed by atoms with Crippen molar-refractivity contribution in [2.75, 3.05) is 24.2 Å². The van der Waals surface area contributed by atoms with E-state index in [4.69, 9.17) is 5.73 Å². The molecule has 0 saturated heterocycles. The zero-order chi connectivity index (χ0) is 24.0. The van der Waals surface area contributed by atoms with Crippen LogP contribution in [0.1, 0.15) is 11.1 Å². The van der Waals surface area contributed by atoms with Crippen molar-refractivity contribution in [2.24, 2.45) is 0 Å². The number of aromatic nitrogens is 2. The van der Waals surface area contributed by atoms with Gasteiger partial charge in [-0.15, -0.1) is 0 Å². The summed E-state index contributed by atoms with van der Waals surface area (Å²) in [4.78, 5) is 40.6. The first kappa shape index (κ1) is 23.5. The minimum Gasteiger partial charge on any atom is -0.435 e. The number of amides is 1. The number of halogens is 2. The van der Waals surface area contributed by atoms with Gasteiger partial charge in [-0.05, 0) is 23.3 Å². The van der Waals surface area contributed by atoms with Gasteiger partial charge in [0.05, 0.1) is 13.1 Å². The van der Waals surface area contributed by atoms with Crippen molar-refractivity contribution in [3.63, 3.8) is 0 Å². The summed E-state index contributed by atoms with van der Waals surface area (Å²) >= 11 is 0. The number of H-pyrrole nitrogens is 1. The number of anilines is 2. The van der Waals surface area contributed by atoms with Crippen molar-refractivity contribution in [3.8, 4) is 5.75 Å². The molecule has 9 nitrogen and oxygen atoms in total. The van der Waals surface area contributed by atoms with Crippen molar-refractivity contribution in [2.45, 2.75) is 19.7 Å². The lowest BCUT2D eigenvalue weighted by Crippen LogP contribution is -2.41. The molecule has 3 rings (SSSR count). The molecule has 2 aromatic carbocycles. The van der Waals surface area contributed by atoms with Crippen molar-refractivity contribution in [1.82, 2.24) is 14.9 Å². The molecule has 0 aliphatic carbocycles. The number of hydrogen-bond donors (Lipinski definition) is 3. The molecule has 11 heteroatoms. The maximum atomic E-state index is 12.4. The Labute approximate surface area is 187 Å². The first-order valence-corrected chi connectivity index (χ1v) is 9.92. The molecule has 0 bridgehead atoms. The molecule has 0 aliphatic rings. The molecule has 1 heterocycles.